The zero-order valence-corrected chi connectivity index (χ0v) is 19.8. The fraction of sp³-hybridized carbons (Fsp3) is 0. The van der Waals surface area contributed by atoms with Gasteiger partial charge in [-0.1, -0.05) is 24.3 Å². The van der Waals surface area contributed by atoms with Crippen molar-refractivity contribution >= 4 is 33.5 Å². The second kappa shape index (κ2) is 8.82. The number of H-pyrrole nitrogens is 2. The first-order chi connectivity index (χ1) is 18.7. The van der Waals surface area contributed by atoms with Gasteiger partial charge >= 0.3 is 0 Å². The normalized spacial score (nSPS) is 11.3. The maximum absolute atomic E-state index is 12.6. The number of pyridine rings is 2. The van der Waals surface area contributed by atoms with Crippen molar-refractivity contribution in [1.82, 2.24) is 30.1 Å². The molecule has 9 nitrogen and oxygen atoms in total. The SMILES string of the molecule is O=C(Nc1cncc(-c2ccc3[nH]nc(-c4nc5c(-c6ccoc6)nccc5[nH]4)c3c2)c1)c1ccccc1. The number of furan rings is 1. The molecule has 0 aliphatic rings. The molecule has 3 N–H and O–H groups in total. The minimum absolute atomic E-state index is 0.189. The number of carbonyl (C=O) groups is 1. The van der Waals surface area contributed by atoms with Crippen molar-refractivity contribution in [2.45, 2.75) is 0 Å². The number of imidazole rings is 1. The highest BCUT2D eigenvalue weighted by atomic mass is 16.3. The van der Waals surface area contributed by atoms with Crippen LogP contribution in [0.4, 0.5) is 5.69 Å². The fourth-order valence-electron chi connectivity index (χ4n) is 4.49. The number of amides is 1. The molecule has 7 rings (SSSR count). The lowest BCUT2D eigenvalue weighted by atomic mass is 10.0. The fourth-order valence-corrected chi connectivity index (χ4v) is 4.49. The first-order valence-corrected chi connectivity index (χ1v) is 11.9. The largest absolute Gasteiger partial charge is 0.472 e. The summed E-state index contributed by atoms with van der Waals surface area (Å²) in [6, 6.07) is 20.7. The Morgan fingerprint density at radius 2 is 1.79 bits per heavy atom. The number of fused-ring (bicyclic) bond motifs is 2. The monoisotopic (exact) mass is 497 g/mol. The Bertz CT molecular complexity index is 1920. The molecule has 1 amide bonds. The molecule has 182 valence electrons. The van der Waals surface area contributed by atoms with Crippen molar-refractivity contribution in [1.29, 1.82) is 0 Å². The van der Waals surface area contributed by atoms with Crippen LogP contribution in [0.15, 0.2) is 102 Å². The number of nitrogens with one attached hydrogen (secondary N) is 3. The molecule has 0 radical (unpaired) electrons. The summed E-state index contributed by atoms with van der Waals surface area (Å²) in [5, 5.41) is 11.5. The first-order valence-electron chi connectivity index (χ1n) is 11.9. The van der Waals surface area contributed by atoms with E-state index in [0.717, 1.165) is 44.3 Å². The lowest BCUT2D eigenvalue weighted by Gasteiger charge is -2.08. The maximum atomic E-state index is 12.6. The molecule has 2 aromatic carbocycles. The van der Waals surface area contributed by atoms with Crippen LogP contribution in [0.3, 0.4) is 0 Å². The van der Waals surface area contributed by atoms with Gasteiger partial charge in [0, 0.05) is 34.5 Å². The van der Waals surface area contributed by atoms with Gasteiger partial charge in [-0.15, -0.1) is 0 Å². The third-order valence-corrected chi connectivity index (χ3v) is 6.35. The number of carbonyl (C=O) groups excluding carboxylic acids is 1. The third kappa shape index (κ3) is 3.79. The summed E-state index contributed by atoms with van der Waals surface area (Å²) in [6.07, 6.45) is 8.40. The van der Waals surface area contributed by atoms with E-state index in [2.05, 4.69) is 30.5 Å². The Kier molecular flexibility index (Phi) is 5.04. The summed E-state index contributed by atoms with van der Waals surface area (Å²) in [7, 11) is 0. The van der Waals surface area contributed by atoms with Gasteiger partial charge in [0.1, 0.15) is 16.9 Å². The molecule has 0 saturated carbocycles. The minimum atomic E-state index is -0.189. The zero-order valence-electron chi connectivity index (χ0n) is 19.8. The molecular formula is C29H19N7O2. The van der Waals surface area contributed by atoms with Gasteiger partial charge in [-0.05, 0) is 48.0 Å². The van der Waals surface area contributed by atoms with E-state index in [1.54, 1.807) is 43.2 Å². The van der Waals surface area contributed by atoms with E-state index < -0.39 is 0 Å². The molecule has 0 fully saturated rings. The Balaban J connectivity index is 1.25. The molecule has 0 saturated heterocycles. The van der Waals surface area contributed by atoms with Crippen LogP contribution >= 0.6 is 0 Å². The molecule has 9 heteroatoms. The maximum Gasteiger partial charge on any atom is 0.255 e. The van der Waals surface area contributed by atoms with Gasteiger partial charge in [0.05, 0.1) is 35.4 Å². The lowest BCUT2D eigenvalue weighted by Crippen LogP contribution is -2.11. The predicted molar refractivity (Wildman–Crippen MR) is 144 cm³/mol. The predicted octanol–water partition coefficient (Wildman–Crippen LogP) is 6.08. The van der Waals surface area contributed by atoms with Gasteiger partial charge < -0.3 is 14.7 Å². The van der Waals surface area contributed by atoms with Crippen LogP contribution in [-0.2, 0) is 0 Å². The van der Waals surface area contributed by atoms with Crippen molar-refractivity contribution in [2.75, 3.05) is 5.32 Å². The summed E-state index contributed by atoms with van der Waals surface area (Å²) in [6.45, 7) is 0. The van der Waals surface area contributed by atoms with E-state index in [4.69, 9.17) is 9.40 Å². The van der Waals surface area contributed by atoms with E-state index in [1.807, 2.05) is 54.6 Å². The lowest BCUT2D eigenvalue weighted by molar-refractivity contribution is 0.102. The first kappa shape index (κ1) is 21.7. The van der Waals surface area contributed by atoms with E-state index in [1.165, 1.54) is 0 Å². The molecule has 0 bridgehead atoms. The second-order valence-corrected chi connectivity index (χ2v) is 8.77. The van der Waals surface area contributed by atoms with Crippen molar-refractivity contribution in [3.05, 3.63) is 103 Å². The van der Waals surface area contributed by atoms with Crippen molar-refractivity contribution in [3.63, 3.8) is 0 Å². The van der Waals surface area contributed by atoms with Crippen LogP contribution in [0.25, 0.3) is 55.8 Å². The van der Waals surface area contributed by atoms with Gasteiger partial charge in [0.15, 0.2) is 5.82 Å². The van der Waals surface area contributed by atoms with E-state index >= 15 is 0 Å². The van der Waals surface area contributed by atoms with Crippen LogP contribution in [0, 0.1) is 0 Å². The Morgan fingerprint density at radius 1 is 0.868 bits per heavy atom. The molecule has 0 spiro atoms. The Hall–Kier alpha value is -5.57. The third-order valence-electron chi connectivity index (χ3n) is 6.35. The highest BCUT2D eigenvalue weighted by Gasteiger charge is 2.17. The topological polar surface area (TPSA) is 125 Å². The van der Waals surface area contributed by atoms with Crippen LogP contribution in [0.2, 0.25) is 0 Å². The smallest absolute Gasteiger partial charge is 0.255 e. The molecule has 5 aromatic heterocycles. The number of nitrogens with zero attached hydrogens (tertiary/aromatic N) is 4. The van der Waals surface area contributed by atoms with Gasteiger partial charge in [0.2, 0.25) is 0 Å². The van der Waals surface area contributed by atoms with E-state index in [0.29, 0.717) is 22.8 Å². The Labute approximate surface area is 215 Å². The molecule has 0 atom stereocenters. The van der Waals surface area contributed by atoms with Gasteiger partial charge in [-0.25, -0.2) is 4.98 Å². The summed E-state index contributed by atoms with van der Waals surface area (Å²) in [5.41, 5.74) is 7.73. The van der Waals surface area contributed by atoms with Gasteiger partial charge in [-0.2, -0.15) is 5.10 Å². The number of aromatic nitrogens is 6. The summed E-state index contributed by atoms with van der Waals surface area (Å²) < 4.78 is 5.24. The van der Waals surface area contributed by atoms with Crippen molar-refractivity contribution < 1.29 is 9.21 Å². The average Bonchev–Trinajstić information content (AvgIpc) is 3.73. The highest BCUT2D eigenvalue weighted by molar-refractivity contribution is 6.04. The number of aromatic amines is 2. The number of hydrogen-bond donors (Lipinski definition) is 3. The van der Waals surface area contributed by atoms with Gasteiger partial charge in [0.25, 0.3) is 5.91 Å². The molecule has 0 unspecified atom stereocenters. The van der Waals surface area contributed by atoms with E-state index in [9.17, 15) is 4.79 Å². The quantitative estimate of drug-likeness (QED) is 0.265. The minimum Gasteiger partial charge on any atom is -0.472 e. The highest BCUT2D eigenvalue weighted by Crippen LogP contribution is 2.32. The average molecular weight is 498 g/mol. The summed E-state index contributed by atoms with van der Waals surface area (Å²) in [5.74, 6) is 0.439. The van der Waals surface area contributed by atoms with Crippen LogP contribution in [-0.4, -0.2) is 36.0 Å². The molecule has 0 aliphatic carbocycles. The van der Waals surface area contributed by atoms with Gasteiger partial charge in [-0.3, -0.25) is 19.9 Å². The van der Waals surface area contributed by atoms with Crippen LogP contribution in [0.5, 0.6) is 0 Å². The number of benzene rings is 2. The summed E-state index contributed by atoms with van der Waals surface area (Å²) in [4.78, 5) is 29.7. The summed E-state index contributed by atoms with van der Waals surface area (Å²) >= 11 is 0. The molecule has 0 aliphatic heterocycles. The van der Waals surface area contributed by atoms with Crippen molar-refractivity contribution in [3.8, 4) is 33.9 Å². The number of anilines is 1. The standard InChI is InChI=1S/C29H19N7O2/c37-29(17-4-2-1-3-5-17)32-21-12-20(14-30-15-21)18-6-7-23-22(13-18)26(36-35-23)28-33-24-8-10-31-25(27(24)34-28)19-9-11-38-16-19/h1-16H,(H,32,37)(H,33,34)(H,35,36). The molecule has 5 heterocycles. The number of hydrogen-bond acceptors (Lipinski definition) is 6. The van der Waals surface area contributed by atoms with Crippen LogP contribution < -0.4 is 5.32 Å². The zero-order chi connectivity index (χ0) is 25.5. The van der Waals surface area contributed by atoms with E-state index in [-0.39, 0.29) is 5.91 Å². The van der Waals surface area contributed by atoms with Crippen LogP contribution in [0.1, 0.15) is 10.4 Å². The second-order valence-electron chi connectivity index (χ2n) is 8.77. The molecular weight excluding hydrogens is 478 g/mol. The van der Waals surface area contributed by atoms with Crippen molar-refractivity contribution in [2.24, 2.45) is 0 Å². The number of rotatable bonds is 5. The Morgan fingerprint density at radius 3 is 2.66 bits per heavy atom. The molecule has 38 heavy (non-hydrogen) atoms. The molecule has 7 aromatic rings.